The topological polar surface area (TPSA) is 12.5 Å². The molecule has 1 aliphatic rings. The van der Waals surface area contributed by atoms with Gasteiger partial charge in [0.05, 0.1) is 0 Å². The van der Waals surface area contributed by atoms with Crippen molar-refractivity contribution in [2.75, 3.05) is 27.8 Å². The highest BCUT2D eigenvalue weighted by molar-refractivity contribution is 5.33. The lowest BCUT2D eigenvalue weighted by Crippen LogP contribution is -2.26. The second kappa shape index (κ2) is 11.8. The van der Waals surface area contributed by atoms with Crippen molar-refractivity contribution >= 4 is 0 Å². The third-order valence-corrected chi connectivity index (χ3v) is 4.17. The first kappa shape index (κ1) is 20.4. The first-order chi connectivity index (χ1) is 11.8. The van der Waals surface area contributed by atoms with E-state index < -0.39 is 0 Å². The van der Waals surface area contributed by atoms with Crippen LogP contribution in [0.4, 0.5) is 0 Å². The van der Waals surface area contributed by atoms with Crippen LogP contribution in [0.1, 0.15) is 43.0 Å². The van der Waals surface area contributed by atoms with Gasteiger partial charge in [0, 0.05) is 20.3 Å². The standard InChI is InChI=1S/C18H21N.C2H6O.C2H6/c1-19-13-7-11-16-10-5-6-12-17(16)18(19)14-15-8-3-2-4-9-15;1-3-2;1-2/h2-6,8-10,12,18H,7,11,13-14H2,1H3;1-2H3;1-2H3. The molecular formula is C22H33NO. The van der Waals surface area contributed by atoms with Crippen molar-refractivity contribution in [2.45, 2.75) is 39.2 Å². The monoisotopic (exact) mass is 327 g/mol. The van der Waals surface area contributed by atoms with Gasteiger partial charge in [-0.2, -0.15) is 0 Å². The van der Waals surface area contributed by atoms with Crippen LogP contribution in [0.5, 0.6) is 0 Å². The van der Waals surface area contributed by atoms with Crippen LogP contribution in [0.2, 0.25) is 0 Å². The SMILES string of the molecule is CC.CN1CCCc2ccccc2C1Cc1ccccc1.COC. The first-order valence-electron chi connectivity index (χ1n) is 8.98. The predicted octanol–water partition coefficient (Wildman–Crippen LogP) is 5.14. The Hall–Kier alpha value is -1.64. The van der Waals surface area contributed by atoms with Crippen LogP contribution in [0.3, 0.4) is 0 Å². The van der Waals surface area contributed by atoms with Gasteiger partial charge in [-0.3, -0.25) is 4.90 Å². The Bertz CT molecular complexity index is 553. The van der Waals surface area contributed by atoms with E-state index in [-0.39, 0.29) is 0 Å². The number of rotatable bonds is 2. The van der Waals surface area contributed by atoms with E-state index in [9.17, 15) is 0 Å². The summed E-state index contributed by atoms with van der Waals surface area (Å²) in [7, 11) is 5.51. The molecule has 1 aliphatic heterocycles. The summed E-state index contributed by atoms with van der Waals surface area (Å²) in [5.41, 5.74) is 4.48. The smallest absolute Gasteiger partial charge is 0.0388 e. The Labute approximate surface area is 148 Å². The molecule has 0 fully saturated rings. The van der Waals surface area contributed by atoms with Crippen molar-refractivity contribution in [3.8, 4) is 0 Å². The summed E-state index contributed by atoms with van der Waals surface area (Å²) in [4.78, 5) is 2.51. The highest BCUT2D eigenvalue weighted by Crippen LogP contribution is 2.30. The lowest BCUT2D eigenvalue weighted by molar-refractivity contribution is 0.249. The summed E-state index contributed by atoms with van der Waals surface area (Å²) < 4.78 is 4.25. The number of methoxy groups -OCH3 is 1. The summed E-state index contributed by atoms with van der Waals surface area (Å²) in [5.74, 6) is 0. The van der Waals surface area contributed by atoms with E-state index in [1.807, 2.05) is 13.8 Å². The van der Waals surface area contributed by atoms with E-state index in [1.165, 1.54) is 36.1 Å². The number of likely N-dealkylation sites (N-methyl/N-ethyl adjacent to an activating group) is 1. The molecule has 1 heterocycles. The van der Waals surface area contributed by atoms with Crippen LogP contribution in [-0.2, 0) is 17.6 Å². The number of nitrogens with zero attached hydrogens (tertiary/aromatic N) is 1. The lowest BCUT2D eigenvalue weighted by atomic mass is 9.94. The molecule has 1 atom stereocenters. The molecule has 0 bridgehead atoms. The van der Waals surface area contributed by atoms with Crippen molar-refractivity contribution in [3.05, 3.63) is 71.3 Å². The van der Waals surface area contributed by atoms with Gasteiger partial charge in [-0.15, -0.1) is 0 Å². The molecule has 0 amide bonds. The summed E-state index contributed by atoms with van der Waals surface area (Å²) in [6, 6.07) is 20.3. The molecule has 24 heavy (non-hydrogen) atoms. The maximum atomic E-state index is 4.25. The third-order valence-electron chi connectivity index (χ3n) is 4.17. The van der Waals surface area contributed by atoms with Gasteiger partial charge in [0.1, 0.15) is 0 Å². The summed E-state index contributed by atoms with van der Waals surface area (Å²) >= 11 is 0. The van der Waals surface area contributed by atoms with E-state index in [0.717, 1.165) is 6.42 Å². The van der Waals surface area contributed by atoms with Crippen LogP contribution >= 0.6 is 0 Å². The minimum Gasteiger partial charge on any atom is -0.388 e. The number of ether oxygens (including phenoxy) is 1. The molecule has 2 aromatic carbocycles. The molecule has 0 saturated carbocycles. The molecule has 2 aromatic rings. The zero-order chi connectivity index (χ0) is 17.8. The van der Waals surface area contributed by atoms with Crippen LogP contribution < -0.4 is 0 Å². The predicted molar refractivity (Wildman–Crippen MR) is 105 cm³/mol. The molecule has 3 rings (SSSR count). The molecule has 2 heteroatoms. The van der Waals surface area contributed by atoms with Gasteiger partial charge >= 0.3 is 0 Å². The van der Waals surface area contributed by atoms with E-state index in [1.54, 1.807) is 14.2 Å². The van der Waals surface area contributed by atoms with Gasteiger partial charge in [0.25, 0.3) is 0 Å². The molecule has 0 saturated heterocycles. The minimum atomic E-state index is 0.515. The van der Waals surface area contributed by atoms with Crippen LogP contribution in [0, 0.1) is 0 Å². The van der Waals surface area contributed by atoms with Crippen LogP contribution in [0.15, 0.2) is 54.6 Å². The maximum Gasteiger partial charge on any atom is 0.0388 e. The maximum absolute atomic E-state index is 4.25. The van der Waals surface area contributed by atoms with Crippen molar-refractivity contribution in [3.63, 3.8) is 0 Å². The van der Waals surface area contributed by atoms with Gasteiger partial charge < -0.3 is 4.74 Å². The first-order valence-corrected chi connectivity index (χ1v) is 8.98. The summed E-state index contributed by atoms with van der Waals surface area (Å²) in [6.07, 6.45) is 3.58. The molecule has 2 nitrogen and oxygen atoms in total. The molecule has 0 N–H and O–H groups in total. The summed E-state index contributed by atoms with van der Waals surface area (Å²) in [6.45, 7) is 5.19. The van der Waals surface area contributed by atoms with Gasteiger partial charge in [-0.1, -0.05) is 68.4 Å². The van der Waals surface area contributed by atoms with E-state index in [4.69, 9.17) is 0 Å². The number of benzene rings is 2. The lowest BCUT2D eigenvalue weighted by Gasteiger charge is -2.27. The Balaban J connectivity index is 0.000000521. The average molecular weight is 328 g/mol. The Morgan fingerprint density at radius 2 is 1.54 bits per heavy atom. The van der Waals surface area contributed by atoms with Crippen LogP contribution in [0.25, 0.3) is 0 Å². The Kier molecular flexibility index (Phi) is 10.1. The zero-order valence-corrected chi connectivity index (χ0v) is 16.0. The van der Waals surface area contributed by atoms with Crippen molar-refractivity contribution < 1.29 is 4.74 Å². The number of hydrogen-bond donors (Lipinski definition) is 0. The molecular weight excluding hydrogens is 294 g/mol. The van der Waals surface area contributed by atoms with Gasteiger partial charge in [-0.25, -0.2) is 0 Å². The van der Waals surface area contributed by atoms with Crippen molar-refractivity contribution in [1.82, 2.24) is 4.90 Å². The molecule has 132 valence electrons. The molecule has 0 aromatic heterocycles. The number of hydrogen-bond acceptors (Lipinski definition) is 2. The minimum absolute atomic E-state index is 0.515. The second-order valence-electron chi connectivity index (χ2n) is 5.90. The highest BCUT2D eigenvalue weighted by atomic mass is 16.4. The molecule has 0 spiro atoms. The quantitative estimate of drug-likeness (QED) is 0.757. The van der Waals surface area contributed by atoms with Crippen molar-refractivity contribution in [2.24, 2.45) is 0 Å². The van der Waals surface area contributed by atoms with E-state index in [0.29, 0.717) is 6.04 Å². The fraction of sp³-hybridized carbons (Fsp3) is 0.455. The highest BCUT2D eigenvalue weighted by Gasteiger charge is 2.22. The molecule has 1 unspecified atom stereocenters. The van der Waals surface area contributed by atoms with Crippen LogP contribution in [-0.4, -0.2) is 32.7 Å². The molecule has 0 radical (unpaired) electrons. The average Bonchev–Trinajstić information content (AvgIpc) is 2.78. The van der Waals surface area contributed by atoms with Gasteiger partial charge in [0.2, 0.25) is 0 Å². The van der Waals surface area contributed by atoms with Gasteiger partial charge in [0.15, 0.2) is 0 Å². The normalized spacial score (nSPS) is 16.6. The zero-order valence-electron chi connectivity index (χ0n) is 16.0. The summed E-state index contributed by atoms with van der Waals surface area (Å²) in [5, 5.41) is 0. The largest absolute Gasteiger partial charge is 0.388 e. The van der Waals surface area contributed by atoms with E-state index >= 15 is 0 Å². The number of fused-ring (bicyclic) bond motifs is 1. The van der Waals surface area contributed by atoms with Gasteiger partial charge in [-0.05, 0) is 49.5 Å². The fourth-order valence-electron chi connectivity index (χ4n) is 3.10. The van der Waals surface area contributed by atoms with E-state index in [2.05, 4.69) is 71.3 Å². The fourth-order valence-corrected chi connectivity index (χ4v) is 3.10. The second-order valence-corrected chi connectivity index (χ2v) is 5.90. The van der Waals surface area contributed by atoms with Crippen molar-refractivity contribution in [1.29, 1.82) is 0 Å². The third kappa shape index (κ3) is 6.10. The molecule has 0 aliphatic carbocycles. The Morgan fingerprint density at radius 1 is 0.958 bits per heavy atom. The Morgan fingerprint density at radius 3 is 2.21 bits per heavy atom. The number of aryl methyl sites for hydroxylation is 1.